The van der Waals surface area contributed by atoms with Gasteiger partial charge in [0.15, 0.2) is 0 Å². The lowest BCUT2D eigenvalue weighted by Gasteiger charge is -1.86. The van der Waals surface area contributed by atoms with Gasteiger partial charge in [-0.05, 0) is 44.0 Å². The summed E-state index contributed by atoms with van der Waals surface area (Å²) in [6, 6.07) is 3.64. The maximum Gasteiger partial charge on any atom is 0.235 e. The first-order chi connectivity index (χ1) is 10.1. The highest BCUT2D eigenvalue weighted by atomic mass is 79.9. The van der Waals surface area contributed by atoms with Crippen molar-refractivity contribution in [1.82, 2.24) is 30.4 Å². The molecule has 6 nitrogen and oxygen atoms in total. The molecule has 0 spiro atoms. The van der Waals surface area contributed by atoms with E-state index in [1.165, 1.54) is 6.20 Å². The monoisotopic (exact) mass is 412 g/mol. The van der Waals surface area contributed by atoms with Gasteiger partial charge in [-0.25, -0.2) is 4.98 Å². The van der Waals surface area contributed by atoms with Crippen molar-refractivity contribution in [2.75, 3.05) is 0 Å². The van der Waals surface area contributed by atoms with Gasteiger partial charge in [-0.3, -0.25) is 15.2 Å². The lowest BCUT2D eigenvalue weighted by Crippen LogP contribution is -1.76. The zero-order chi connectivity index (χ0) is 14.8. The van der Waals surface area contributed by atoms with Crippen LogP contribution >= 0.6 is 31.9 Å². The molecule has 4 aromatic heterocycles. The molecular formula is C12H7Br2FN6. The Labute approximate surface area is 134 Å². The molecule has 106 valence electrons. The fourth-order valence-electron chi connectivity index (χ4n) is 1.65. The van der Waals surface area contributed by atoms with E-state index in [2.05, 4.69) is 62.2 Å². The van der Waals surface area contributed by atoms with Crippen molar-refractivity contribution in [1.29, 1.82) is 0 Å². The lowest BCUT2D eigenvalue weighted by atomic mass is 10.4. The molecule has 4 aromatic rings. The summed E-state index contributed by atoms with van der Waals surface area (Å²) in [6.07, 6.45) is 4.97. The third kappa shape index (κ3) is 3.08. The average Bonchev–Trinajstić information content (AvgIpc) is 3.06. The van der Waals surface area contributed by atoms with E-state index in [1.807, 2.05) is 6.07 Å². The van der Waals surface area contributed by atoms with Gasteiger partial charge in [0.1, 0.15) is 16.6 Å². The van der Waals surface area contributed by atoms with Crippen LogP contribution in [0.25, 0.3) is 22.1 Å². The van der Waals surface area contributed by atoms with Crippen molar-refractivity contribution in [2.45, 2.75) is 0 Å². The number of nitrogens with zero attached hydrogens (tertiary/aromatic N) is 4. The van der Waals surface area contributed by atoms with E-state index >= 15 is 0 Å². The average molecular weight is 414 g/mol. The molecule has 4 rings (SSSR count). The van der Waals surface area contributed by atoms with E-state index in [1.54, 1.807) is 18.5 Å². The number of pyridine rings is 2. The summed E-state index contributed by atoms with van der Waals surface area (Å²) in [4.78, 5) is 7.92. The van der Waals surface area contributed by atoms with Gasteiger partial charge in [0.25, 0.3) is 0 Å². The van der Waals surface area contributed by atoms with Crippen molar-refractivity contribution < 1.29 is 4.39 Å². The van der Waals surface area contributed by atoms with Crippen LogP contribution in [0.1, 0.15) is 0 Å². The molecule has 0 aliphatic heterocycles. The molecule has 0 fully saturated rings. The van der Waals surface area contributed by atoms with Crippen molar-refractivity contribution >= 4 is 53.9 Å². The SMILES string of the molecule is Brc1cnc2cn[nH]c2c1.Fc1[nH]nc2cc(Br)cnc12. The second-order valence-corrected chi connectivity index (χ2v) is 5.85. The topological polar surface area (TPSA) is 83.1 Å². The van der Waals surface area contributed by atoms with Gasteiger partial charge in [-0.1, -0.05) is 0 Å². The minimum atomic E-state index is -0.493. The maximum absolute atomic E-state index is 12.7. The number of fused-ring (bicyclic) bond motifs is 2. The zero-order valence-corrected chi connectivity index (χ0v) is 13.5. The van der Waals surface area contributed by atoms with E-state index in [9.17, 15) is 4.39 Å². The second-order valence-electron chi connectivity index (χ2n) is 4.02. The van der Waals surface area contributed by atoms with Crippen LogP contribution in [0.5, 0.6) is 0 Å². The van der Waals surface area contributed by atoms with Crippen LogP contribution in [0, 0.1) is 5.95 Å². The van der Waals surface area contributed by atoms with Crippen LogP contribution in [0.2, 0.25) is 0 Å². The summed E-state index contributed by atoms with van der Waals surface area (Å²) in [6.45, 7) is 0. The number of aromatic amines is 2. The minimum absolute atomic E-state index is 0.271. The summed E-state index contributed by atoms with van der Waals surface area (Å²) in [5, 5.41) is 12.5. The Morgan fingerprint density at radius 3 is 2.52 bits per heavy atom. The van der Waals surface area contributed by atoms with Crippen molar-refractivity contribution in [3.05, 3.63) is 45.6 Å². The summed E-state index contributed by atoms with van der Waals surface area (Å²) in [5.74, 6) is -0.493. The largest absolute Gasteiger partial charge is 0.276 e. The number of hydrogen-bond donors (Lipinski definition) is 2. The van der Waals surface area contributed by atoms with Crippen molar-refractivity contribution in [3.63, 3.8) is 0 Å². The molecule has 9 heteroatoms. The Morgan fingerprint density at radius 1 is 0.905 bits per heavy atom. The Morgan fingerprint density at radius 2 is 1.67 bits per heavy atom. The van der Waals surface area contributed by atoms with Gasteiger partial charge >= 0.3 is 0 Å². The van der Waals surface area contributed by atoms with Crippen LogP contribution in [-0.2, 0) is 0 Å². The highest BCUT2D eigenvalue weighted by Crippen LogP contribution is 2.16. The van der Waals surface area contributed by atoms with E-state index in [0.29, 0.717) is 5.52 Å². The van der Waals surface area contributed by atoms with Gasteiger partial charge in [0, 0.05) is 21.3 Å². The molecule has 4 heterocycles. The van der Waals surface area contributed by atoms with Crippen LogP contribution in [-0.4, -0.2) is 30.4 Å². The normalized spacial score (nSPS) is 10.6. The van der Waals surface area contributed by atoms with Gasteiger partial charge in [-0.15, -0.1) is 0 Å². The first kappa shape index (κ1) is 14.1. The molecule has 21 heavy (non-hydrogen) atoms. The van der Waals surface area contributed by atoms with Gasteiger partial charge in [-0.2, -0.15) is 14.6 Å². The molecule has 0 amide bonds. The van der Waals surface area contributed by atoms with Crippen LogP contribution in [0.15, 0.2) is 39.7 Å². The van der Waals surface area contributed by atoms with Gasteiger partial charge in [0.2, 0.25) is 5.95 Å². The molecule has 0 unspecified atom stereocenters. The van der Waals surface area contributed by atoms with Crippen LogP contribution in [0.3, 0.4) is 0 Å². The van der Waals surface area contributed by atoms with E-state index in [0.717, 1.165) is 20.0 Å². The van der Waals surface area contributed by atoms with Gasteiger partial charge < -0.3 is 0 Å². The molecule has 2 N–H and O–H groups in total. The van der Waals surface area contributed by atoms with Crippen LogP contribution in [0.4, 0.5) is 4.39 Å². The van der Waals surface area contributed by atoms with Gasteiger partial charge in [0.05, 0.1) is 11.7 Å². The molecule has 0 aliphatic carbocycles. The molecule has 0 atom stereocenters. The molecule has 0 saturated heterocycles. The Bertz CT molecular complexity index is 903. The quantitative estimate of drug-likeness (QED) is 0.461. The highest BCUT2D eigenvalue weighted by Gasteiger charge is 2.04. The zero-order valence-electron chi connectivity index (χ0n) is 10.3. The molecule has 0 aromatic carbocycles. The molecule has 0 aliphatic rings. The Balaban J connectivity index is 0.000000126. The van der Waals surface area contributed by atoms with E-state index < -0.39 is 5.95 Å². The Kier molecular flexibility index (Phi) is 3.93. The fourth-order valence-corrected chi connectivity index (χ4v) is 2.30. The van der Waals surface area contributed by atoms with Crippen LogP contribution < -0.4 is 0 Å². The predicted octanol–water partition coefficient (Wildman–Crippen LogP) is 3.58. The number of H-pyrrole nitrogens is 2. The number of halogens is 3. The minimum Gasteiger partial charge on any atom is -0.276 e. The molecule has 0 saturated carbocycles. The van der Waals surface area contributed by atoms with Crippen molar-refractivity contribution in [2.24, 2.45) is 0 Å². The number of nitrogens with one attached hydrogen (secondary N) is 2. The third-order valence-corrected chi connectivity index (χ3v) is 3.44. The lowest BCUT2D eigenvalue weighted by molar-refractivity contribution is 0.586. The third-order valence-electron chi connectivity index (χ3n) is 2.57. The molecule has 0 radical (unpaired) electrons. The summed E-state index contributed by atoms with van der Waals surface area (Å²) in [5.41, 5.74) is 2.64. The summed E-state index contributed by atoms with van der Waals surface area (Å²) >= 11 is 6.51. The maximum atomic E-state index is 12.7. The smallest absolute Gasteiger partial charge is 0.235 e. The highest BCUT2D eigenvalue weighted by molar-refractivity contribution is 9.10. The molecular weight excluding hydrogens is 407 g/mol. The summed E-state index contributed by atoms with van der Waals surface area (Å²) in [7, 11) is 0. The summed E-state index contributed by atoms with van der Waals surface area (Å²) < 4.78 is 14.4. The van der Waals surface area contributed by atoms with Crippen molar-refractivity contribution in [3.8, 4) is 0 Å². The number of hydrogen-bond acceptors (Lipinski definition) is 4. The fraction of sp³-hybridized carbons (Fsp3) is 0. The van der Waals surface area contributed by atoms with E-state index in [-0.39, 0.29) is 5.52 Å². The second kappa shape index (κ2) is 5.86. The molecule has 0 bridgehead atoms. The number of rotatable bonds is 0. The standard InChI is InChI=1S/C6H3BrFN3.C6H4BrN3/c7-3-1-4-5(9-2-3)6(8)11-10-4;7-4-1-5-6(8-2-4)3-9-10-5/h1-2H,(H,10,11);1-3H,(H,9,10). The number of aromatic nitrogens is 6. The first-order valence-corrected chi connectivity index (χ1v) is 7.32. The Hall–Kier alpha value is -1.87. The van der Waals surface area contributed by atoms with E-state index in [4.69, 9.17) is 0 Å². The first-order valence-electron chi connectivity index (χ1n) is 5.73. The predicted molar refractivity (Wildman–Crippen MR) is 83.1 cm³/mol.